The van der Waals surface area contributed by atoms with Crippen molar-refractivity contribution in [1.82, 2.24) is 0 Å². The molecule has 0 atom stereocenters. The topological polar surface area (TPSA) is 58.7 Å². The van der Waals surface area contributed by atoms with Gasteiger partial charge < -0.3 is 10.6 Å². The highest BCUT2D eigenvalue weighted by atomic mass is 79.9. The van der Waals surface area contributed by atoms with Crippen LogP contribution in [-0.2, 0) is 4.79 Å². The summed E-state index contributed by atoms with van der Waals surface area (Å²) in [6, 6.07) is 5.49. The van der Waals surface area contributed by atoms with Crippen LogP contribution in [0.25, 0.3) is 0 Å². The number of aliphatic imine (C=N–C) groups is 1. The van der Waals surface area contributed by atoms with Gasteiger partial charge in [-0.3, -0.25) is 4.99 Å². The number of rotatable bonds is 1. The van der Waals surface area contributed by atoms with Gasteiger partial charge >= 0.3 is 0 Å². The van der Waals surface area contributed by atoms with Gasteiger partial charge in [0.1, 0.15) is 12.4 Å². The molecule has 2 rings (SSSR count). The fourth-order valence-corrected chi connectivity index (χ4v) is 1.79. The summed E-state index contributed by atoms with van der Waals surface area (Å²) in [6.45, 7) is 0.413. The molecule has 4 nitrogen and oxygen atoms in total. The van der Waals surface area contributed by atoms with Crippen molar-refractivity contribution in [2.75, 3.05) is 17.3 Å². The number of nitrogens with zero attached hydrogens (tertiary/aromatic N) is 2. The summed E-state index contributed by atoms with van der Waals surface area (Å²) < 4.78 is 0.903. The average molecular weight is 266 g/mol. The monoisotopic (exact) mass is 265 g/mol. The number of nitrogens with two attached hydrogens (primary N) is 1. The van der Waals surface area contributed by atoms with Gasteiger partial charge in [0.2, 0.25) is 0 Å². The molecular weight excluding hydrogens is 258 g/mol. The van der Waals surface area contributed by atoms with Crippen molar-refractivity contribution in [2.24, 2.45) is 4.99 Å². The first-order chi connectivity index (χ1) is 7.22. The molecule has 76 valence electrons. The van der Waals surface area contributed by atoms with E-state index in [-0.39, 0.29) is 0 Å². The van der Waals surface area contributed by atoms with Gasteiger partial charge in [-0.2, -0.15) is 0 Å². The van der Waals surface area contributed by atoms with Gasteiger partial charge in [0.25, 0.3) is 0 Å². The van der Waals surface area contributed by atoms with E-state index in [1.165, 1.54) is 6.21 Å². The molecule has 0 fully saturated rings. The lowest BCUT2D eigenvalue weighted by Gasteiger charge is -2.18. The van der Waals surface area contributed by atoms with Crippen LogP contribution in [-0.4, -0.2) is 18.8 Å². The van der Waals surface area contributed by atoms with E-state index in [0.29, 0.717) is 18.1 Å². The Labute approximate surface area is 95.2 Å². The van der Waals surface area contributed by atoms with Crippen LogP contribution >= 0.6 is 15.9 Å². The second-order valence-corrected chi connectivity index (χ2v) is 3.99. The van der Waals surface area contributed by atoms with Crippen molar-refractivity contribution in [2.45, 2.75) is 0 Å². The first kappa shape index (κ1) is 9.96. The molecule has 0 aliphatic carbocycles. The largest absolute Gasteiger partial charge is 0.397 e. The number of hydrogen-bond acceptors (Lipinski definition) is 4. The van der Waals surface area contributed by atoms with Gasteiger partial charge in [-0.25, -0.2) is 4.79 Å². The second kappa shape index (κ2) is 3.88. The van der Waals surface area contributed by atoms with Crippen LogP contribution in [0.4, 0.5) is 11.4 Å². The molecule has 5 heteroatoms. The average Bonchev–Trinajstić information content (AvgIpc) is 2.65. The van der Waals surface area contributed by atoms with Gasteiger partial charge in [-0.15, -0.1) is 0 Å². The number of allylic oxidation sites excluding steroid dienone is 1. The maximum atomic E-state index is 10.6. The molecule has 0 aromatic heterocycles. The third-order valence-electron chi connectivity index (χ3n) is 2.11. The highest BCUT2D eigenvalue weighted by molar-refractivity contribution is 9.10. The van der Waals surface area contributed by atoms with Crippen LogP contribution in [0.3, 0.4) is 0 Å². The van der Waals surface area contributed by atoms with Crippen LogP contribution in [0.1, 0.15) is 0 Å². The van der Waals surface area contributed by atoms with Crippen LogP contribution in [0.15, 0.2) is 33.4 Å². The summed E-state index contributed by atoms with van der Waals surface area (Å²) in [6.07, 6.45) is 1.49. The molecule has 0 saturated heterocycles. The molecule has 1 aromatic rings. The molecule has 1 heterocycles. The molecule has 15 heavy (non-hydrogen) atoms. The number of halogens is 1. The zero-order chi connectivity index (χ0) is 10.8. The van der Waals surface area contributed by atoms with E-state index in [2.05, 4.69) is 20.9 Å². The summed E-state index contributed by atoms with van der Waals surface area (Å²) in [7, 11) is 0. The molecule has 2 N–H and O–H groups in total. The Bertz CT molecular complexity index is 478. The highest BCUT2D eigenvalue weighted by Gasteiger charge is 2.17. The Balaban J connectivity index is 2.43. The first-order valence-corrected chi connectivity index (χ1v) is 5.09. The van der Waals surface area contributed by atoms with E-state index in [1.807, 2.05) is 18.1 Å². The predicted octanol–water partition coefficient (Wildman–Crippen LogP) is 1.60. The Hall–Kier alpha value is -1.58. The molecule has 0 bridgehead atoms. The van der Waals surface area contributed by atoms with Gasteiger partial charge in [0.15, 0.2) is 5.94 Å². The predicted molar refractivity (Wildman–Crippen MR) is 63.6 cm³/mol. The van der Waals surface area contributed by atoms with Crippen LogP contribution in [0.2, 0.25) is 0 Å². The van der Waals surface area contributed by atoms with Crippen molar-refractivity contribution in [3.63, 3.8) is 0 Å². The Morgan fingerprint density at radius 1 is 1.53 bits per heavy atom. The minimum atomic E-state index is 0.407. The molecule has 0 amide bonds. The van der Waals surface area contributed by atoms with Gasteiger partial charge in [-0.05, 0) is 18.2 Å². The third-order valence-corrected chi connectivity index (χ3v) is 2.61. The van der Waals surface area contributed by atoms with Crippen molar-refractivity contribution < 1.29 is 4.79 Å². The quantitative estimate of drug-likeness (QED) is 0.620. The summed E-state index contributed by atoms with van der Waals surface area (Å²) >= 11 is 3.32. The molecular formula is C10H8BrN3O. The SMILES string of the molecule is Nc1cc(Br)ccc1N1CN=CC1=C=O. The second-order valence-electron chi connectivity index (χ2n) is 3.07. The van der Waals surface area contributed by atoms with Crippen molar-refractivity contribution in [3.8, 4) is 0 Å². The highest BCUT2D eigenvalue weighted by Crippen LogP contribution is 2.29. The number of nitrogen functional groups attached to an aromatic ring is 1. The number of anilines is 2. The molecule has 1 aliphatic rings. The molecule has 1 aliphatic heterocycles. The van der Waals surface area contributed by atoms with E-state index in [4.69, 9.17) is 5.73 Å². The lowest BCUT2D eigenvalue weighted by Crippen LogP contribution is -2.19. The van der Waals surface area contributed by atoms with Gasteiger partial charge in [-0.1, -0.05) is 15.9 Å². The minimum absolute atomic E-state index is 0.407. The Kier molecular flexibility index (Phi) is 2.58. The Morgan fingerprint density at radius 2 is 2.33 bits per heavy atom. The molecule has 0 saturated carbocycles. The minimum Gasteiger partial charge on any atom is -0.397 e. The summed E-state index contributed by atoms with van der Waals surface area (Å²) in [4.78, 5) is 16.3. The van der Waals surface area contributed by atoms with Crippen molar-refractivity contribution >= 4 is 39.5 Å². The third kappa shape index (κ3) is 1.79. The van der Waals surface area contributed by atoms with E-state index >= 15 is 0 Å². The molecule has 1 aromatic carbocycles. The lowest BCUT2D eigenvalue weighted by molar-refractivity contribution is 0.567. The fourth-order valence-electron chi connectivity index (χ4n) is 1.41. The molecule has 0 spiro atoms. The summed E-state index contributed by atoms with van der Waals surface area (Å²) in [5.74, 6) is 1.83. The number of hydrogen-bond donors (Lipinski definition) is 1. The number of benzene rings is 1. The van der Waals surface area contributed by atoms with E-state index in [9.17, 15) is 4.79 Å². The van der Waals surface area contributed by atoms with Crippen molar-refractivity contribution in [3.05, 3.63) is 28.4 Å². The summed E-state index contributed by atoms with van der Waals surface area (Å²) in [5, 5.41) is 0. The van der Waals surface area contributed by atoms with Crippen LogP contribution in [0, 0.1) is 0 Å². The van der Waals surface area contributed by atoms with Crippen LogP contribution in [0.5, 0.6) is 0 Å². The van der Waals surface area contributed by atoms with Gasteiger partial charge in [0, 0.05) is 4.47 Å². The number of carbonyl (C=O) groups excluding carboxylic acids is 1. The van der Waals surface area contributed by atoms with Crippen LogP contribution < -0.4 is 10.6 Å². The van der Waals surface area contributed by atoms with E-state index in [1.54, 1.807) is 11.0 Å². The first-order valence-electron chi connectivity index (χ1n) is 4.30. The van der Waals surface area contributed by atoms with E-state index < -0.39 is 0 Å². The fraction of sp³-hybridized carbons (Fsp3) is 0.100. The lowest BCUT2D eigenvalue weighted by atomic mass is 10.2. The Morgan fingerprint density at radius 3 is 3.00 bits per heavy atom. The normalized spacial score (nSPS) is 14.5. The van der Waals surface area contributed by atoms with Gasteiger partial charge in [0.05, 0.1) is 17.6 Å². The molecule has 0 radical (unpaired) electrons. The summed E-state index contributed by atoms with van der Waals surface area (Å²) in [5.41, 5.74) is 7.63. The maximum Gasteiger partial charge on any atom is 0.152 e. The smallest absolute Gasteiger partial charge is 0.152 e. The maximum absolute atomic E-state index is 10.6. The van der Waals surface area contributed by atoms with Crippen molar-refractivity contribution in [1.29, 1.82) is 0 Å². The van der Waals surface area contributed by atoms with E-state index in [0.717, 1.165) is 10.2 Å². The zero-order valence-electron chi connectivity index (χ0n) is 7.77. The molecule has 0 unspecified atom stereocenters. The standard InChI is InChI=1S/C10H8BrN3O/c11-7-1-2-10(9(12)3-7)14-6-13-4-8(14)5-15/h1-4H,6,12H2. The zero-order valence-corrected chi connectivity index (χ0v) is 9.36.